The Morgan fingerprint density at radius 1 is 1.25 bits per heavy atom. The molecule has 104 valence electrons. The summed E-state index contributed by atoms with van der Waals surface area (Å²) in [4.78, 5) is 12.4. The van der Waals surface area contributed by atoms with Crippen LogP contribution in [-0.4, -0.2) is 12.5 Å². The molecular formula is C16H17ClN2O. The average molecular weight is 289 g/mol. The summed E-state index contributed by atoms with van der Waals surface area (Å²) >= 11 is 5.91. The van der Waals surface area contributed by atoms with Crippen molar-refractivity contribution in [1.29, 1.82) is 0 Å². The molecule has 0 aliphatic heterocycles. The summed E-state index contributed by atoms with van der Waals surface area (Å²) in [6.45, 7) is 2.17. The first kappa shape index (κ1) is 14.6. The molecule has 2 aromatic carbocycles. The van der Waals surface area contributed by atoms with Gasteiger partial charge >= 0.3 is 0 Å². The Labute approximate surface area is 123 Å². The lowest BCUT2D eigenvalue weighted by Gasteiger charge is -2.16. The summed E-state index contributed by atoms with van der Waals surface area (Å²) in [5, 5.41) is 3.56. The van der Waals surface area contributed by atoms with Crippen LogP contribution < -0.4 is 11.1 Å². The van der Waals surface area contributed by atoms with E-state index in [1.54, 1.807) is 12.1 Å². The van der Waals surface area contributed by atoms with Gasteiger partial charge in [0.15, 0.2) is 0 Å². The van der Waals surface area contributed by atoms with E-state index in [4.69, 9.17) is 17.3 Å². The van der Waals surface area contributed by atoms with Crippen LogP contribution in [0.2, 0.25) is 5.02 Å². The highest BCUT2D eigenvalue weighted by atomic mass is 35.5. The highest BCUT2D eigenvalue weighted by Crippen LogP contribution is 2.22. The van der Waals surface area contributed by atoms with E-state index < -0.39 is 0 Å². The van der Waals surface area contributed by atoms with Gasteiger partial charge in [-0.05, 0) is 36.2 Å². The second-order valence-electron chi connectivity index (χ2n) is 4.65. The van der Waals surface area contributed by atoms with Gasteiger partial charge < -0.3 is 11.1 Å². The number of benzene rings is 2. The van der Waals surface area contributed by atoms with Crippen molar-refractivity contribution >= 4 is 23.2 Å². The lowest BCUT2D eigenvalue weighted by Crippen LogP contribution is -2.27. The number of carbonyl (C=O) groups is 1. The van der Waals surface area contributed by atoms with E-state index in [9.17, 15) is 4.79 Å². The molecule has 3 N–H and O–H groups in total. The molecule has 20 heavy (non-hydrogen) atoms. The van der Waals surface area contributed by atoms with Crippen LogP contribution in [0.4, 0.5) is 5.69 Å². The first-order chi connectivity index (χ1) is 9.61. The monoisotopic (exact) mass is 288 g/mol. The molecule has 1 atom stereocenters. The molecule has 0 aliphatic carbocycles. The predicted octanol–water partition coefficient (Wildman–Crippen LogP) is 3.33. The molecule has 0 saturated carbocycles. The van der Waals surface area contributed by atoms with Crippen LogP contribution in [0, 0.1) is 6.92 Å². The van der Waals surface area contributed by atoms with E-state index in [1.165, 1.54) is 0 Å². The molecule has 0 bridgehead atoms. The van der Waals surface area contributed by atoms with Crippen LogP contribution in [0.1, 0.15) is 17.0 Å². The lowest BCUT2D eigenvalue weighted by molar-refractivity contribution is -0.117. The van der Waals surface area contributed by atoms with Crippen LogP contribution in [0.5, 0.6) is 0 Å². The number of nitrogens with one attached hydrogen (secondary N) is 1. The average Bonchev–Trinajstić information content (AvgIpc) is 2.44. The third-order valence-electron chi connectivity index (χ3n) is 3.20. The normalized spacial score (nSPS) is 11.9. The van der Waals surface area contributed by atoms with Crippen molar-refractivity contribution in [3.8, 4) is 0 Å². The third kappa shape index (κ3) is 3.38. The minimum atomic E-state index is -0.355. The highest BCUT2D eigenvalue weighted by Gasteiger charge is 2.19. The van der Waals surface area contributed by atoms with Gasteiger partial charge in [0.1, 0.15) is 0 Å². The molecule has 0 spiro atoms. The molecule has 0 aliphatic rings. The number of anilines is 1. The standard InChI is InChI=1S/C16H17ClN2O/c1-11-9-13(17)7-8-15(11)19-16(20)14(10-18)12-5-3-2-4-6-12/h2-9,14H,10,18H2,1H3,(H,19,20). The Morgan fingerprint density at radius 3 is 2.55 bits per heavy atom. The number of nitrogens with two attached hydrogens (primary N) is 1. The lowest BCUT2D eigenvalue weighted by atomic mass is 9.98. The maximum atomic E-state index is 12.4. The van der Waals surface area contributed by atoms with Crippen LogP contribution in [0.15, 0.2) is 48.5 Å². The molecule has 3 nitrogen and oxygen atoms in total. The number of halogens is 1. The number of hydrogen-bond acceptors (Lipinski definition) is 2. The first-order valence-electron chi connectivity index (χ1n) is 6.44. The van der Waals surface area contributed by atoms with Gasteiger partial charge in [-0.15, -0.1) is 0 Å². The molecule has 0 fully saturated rings. The minimum Gasteiger partial charge on any atom is -0.329 e. The quantitative estimate of drug-likeness (QED) is 0.907. The number of carbonyl (C=O) groups excluding carboxylic acids is 1. The summed E-state index contributed by atoms with van der Waals surface area (Å²) in [6, 6.07) is 14.9. The van der Waals surface area contributed by atoms with Crippen molar-refractivity contribution in [2.24, 2.45) is 5.73 Å². The van der Waals surface area contributed by atoms with Gasteiger partial charge in [-0.2, -0.15) is 0 Å². The smallest absolute Gasteiger partial charge is 0.233 e. The predicted molar refractivity (Wildman–Crippen MR) is 83.1 cm³/mol. The summed E-state index contributed by atoms with van der Waals surface area (Å²) in [5.41, 5.74) is 8.34. The molecule has 2 rings (SSSR count). The number of hydrogen-bond donors (Lipinski definition) is 2. The van der Waals surface area contributed by atoms with Crippen molar-refractivity contribution in [1.82, 2.24) is 0 Å². The van der Waals surface area contributed by atoms with Gasteiger partial charge in [0.2, 0.25) is 5.91 Å². The maximum Gasteiger partial charge on any atom is 0.233 e. The number of rotatable bonds is 4. The van der Waals surface area contributed by atoms with E-state index >= 15 is 0 Å². The Morgan fingerprint density at radius 2 is 1.95 bits per heavy atom. The zero-order valence-electron chi connectivity index (χ0n) is 11.3. The molecule has 2 aromatic rings. The second kappa shape index (κ2) is 6.55. The molecule has 0 radical (unpaired) electrons. The van der Waals surface area contributed by atoms with E-state index in [0.717, 1.165) is 16.8 Å². The number of aryl methyl sites for hydroxylation is 1. The summed E-state index contributed by atoms with van der Waals surface area (Å²) < 4.78 is 0. The molecule has 0 aromatic heterocycles. The van der Waals surface area contributed by atoms with Gasteiger partial charge in [0.05, 0.1) is 5.92 Å². The van der Waals surface area contributed by atoms with Crippen LogP contribution in [0.25, 0.3) is 0 Å². The fraction of sp³-hybridized carbons (Fsp3) is 0.188. The zero-order chi connectivity index (χ0) is 14.5. The summed E-state index contributed by atoms with van der Waals surface area (Å²) in [6.07, 6.45) is 0. The van der Waals surface area contributed by atoms with Crippen molar-refractivity contribution in [2.75, 3.05) is 11.9 Å². The van der Waals surface area contributed by atoms with Crippen molar-refractivity contribution < 1.29 is 4.79 Å². The van der Waals surface area contributed by atoms with E-state index in [1.807, 2.05) is 43.3 Å². The van der Waals surface area contributed by atoms with E-state index in [-0.39, 0.29) is 18.4 Å². The van der Waals surface area contributed by atoms with Crippen molar-refractivity contribution in [3.63, 3.8) is 0 Å². The summed E-state index contributed by atoms with van der Waals surface area (Å²) in [5.74, 6) is -0.463. The Hall–Kier alpha value is -1.84. The van der Waals surface area contributed by atoms with Gasteiger partial charge in [-0.3, -0.25) is 4.79 Å². The largest absolute Gasteiger partial charge is 0.329 e. The molecule has 0 heterocycles. The minimum absolute atomic E-state index is 0.107. The van der Waals surface area contributed by atoms with Crippen molar-refractivity contribution in [2.45, 2.75) is 12.8 Å². The molecule has 4 heteroatoms. The molecule has 0 saturated heterocycles. The Balaban J connectivity index is 2.18. The molecular weight excluding hydrogens is 272 g/mol. The van der Waals surface area contributed by atoms with Gasteiger partial charge in [0, 0.05) is 17.3 Å². The summed E-state index contributed by atoms with van der Waals surface area (Å²) in [7, 11) is 0. The van der Waals surface area contributed by atoms with E-state index in [2.05, 4.69) is 5.32 Å². The Kier molecular flexibility index (Phi) is 4.77. The van der Waals surface area contributed by atoms with Crippen molar-refractivity contribution in [3.05, 3.63) is 64.7 Å². The van der Waals surface area contributed by atoms with Crippen LogP contribution >= 0.6 is 11.6 Å². The zero-order valence-corrected chi connectivity index (χ0v) is 12.0. The highest BCUT2D eigenvalue weighted by molar-refractivity contribution is 6.30. The van der Waals surface area contributed by atoms with E-state index in [0.29, 0.717) is 5.02 Å². The fourth-order valence-corrected chi connectivity index (χ4v) is 2.29. The van der Waals surface area contributed by atoms with Crippen LogP contribution in [-0.2, 0) is 4.79 Å². The molecule has 1 amide bonds. The topological polar surface area (TPSA) is 55.1 Å². The second-order valence-corrected chi connectivity index (χ2v) is 5.08. The van der Waals surface area contributed by atoms with Gasteiger partial charge in [-0.1, -0.05) is 41.9 Å². The van der Waals surface area contributed by atoms with Gasteiger partial charge in [0.25, 0.3) is 0 Å². The first-order valence-corrected chi connectivity index (χ1v) is 6.81. The third-order valence-corrected chi connectivity index (χ3v) is 3.44. The SMILES string of the molecule is Cc1cc(Cl)ccc1NC(=O)C(CN)c1ccccc1. The Bertz CT molecular complexity index is 599. The van der Waals surface area contributed by atoms with Crippen LogP contribution in [0.3, 0.4) is 0 Å². The fourth-order valence-electron chi connectivity index (χ4n) is 2.07. The maximum absolute atomic E-state index is 12.4. The molecule has 1 unspecified atom stereocenters. The number of amides is 1. The van der Waals surface area contributed by atoms with Gasteiger partial charge in [-0.25, -0.2) is 0 Å².